The number of nitrogens with zero attached hydrogens (tertiary/aromatic N) is 2. The minimum Gasteiger partial charge on any atom is -0.467 e. The van der Waals surface area contributed by atoms with E-state index in [0.717, 1.165) is 36.0 Å². The second-order valence-corrected chi connectivity index (χ2v) is 6.00. The third-order valence-electron chi connectivity index (χ3n) is 4.01. The van der Waals surface area contributed by atoms with Gasteiger partial charge in [0.1, 0.15) is 5.76 Å². The molecule has 5 nitrogen and oxygen atoms in total. The van der Waals surface area contributed by atoms with Crippen LogP contribution in [-0.4, -0.2) is 42.0 Å². The van der Waals surface area contributed by atoms with Gasteiger partial charge in [-0.2, -0.15) is 0 Å². The first-order chi connectivity index (χ1) is 11.2. The van der Waals surface area contributed by atoms with E-state index in [1.165, 1.54) is 0 Å². The van der Waals surface area contributed by atoms with E-state index in [2.05, 4.69) is 10.2 Å². The molecule has 1 saturated heterocycles. The second-order valence-electron chi connectivity index (χ2n) is 5.59. The van der Waals surface area contributed by atoms with E-state index in [-0.39, 0.29) is 6.03 Å². The summed E-state index contributed by atoms with van der Waals surface area (Å²) in [5, 5.41) is 3.68. The normalized spacial score (nSPS) is 15.6. The summed E-state index contributed by atoms with van der Waals surface area (Å²) in [5.74, 6) is 0.760. The highest BCUT2D eigenvalue weighted by Crippen LogP contribution is 2.17. The molecule has 0 saturated carbocycles. The van der Waals surface area contributed by atoms with Gasteiger partial charge in [-0.15, -0.1) is 0 Å². The van der Waals surface area contributed by atoms with Gasteiger partial charge in [0, 0.05) is 37.7 Å². The molecular weight excluding hydrogens is 314 g/mol. The number of piperazine rings is 1. The first-order valence-electron chi connectivity index (χ1n) is 7.73. The first kappa shape index (κ1) is 15.9. The van der Waals surface area contributed by atoms with Gasteiger partial charge in [-0.25, -0.2) is 4.79 Å². The summed E-state index contributed by atoms with van der Waals surface area (Å²) in [6, 6.07) is 11.5. The largest absolute Gasteiger partial charge is 0.467 e. The van der Waals surface area contributed by atoms with E-state index < -0.39 is 0 Å². The fourth-order valence-electron chi connectivity index (χ4n) is 2.66. The van der Waals surface area contributed by atoms with E-state index in [0.29, 0.717) is 19.6 Å². The predicted octanol–water partition coefficient (Wildman–Crippen LogP) is 2.96. The lowest BCUT2D eigenvalue weighted by molar-refractivity contribution is 0.134. The van der Waals surface area contributed by atoms with E-state index >= 15 is 0 Å². The van der Waals surface area contributed by atoms with Crippen molar-refractivity contribution in [3.63, 3.8) is 0 Å². The lowest BCUT2D eigenvalue weighted by atomic mass is 10.2. The van der Waals surface area contributed by atoms with Crippen molar-refractivity contribution in [1.29, 1.82) is 0 Å². The van der Waals surface area contributed by atoms with Crippen LogP contribution in [0.25, 0.3) is 0 Å². The van der Waals surface area contributed by atoms with Crippen LogP contribution in [0.5, 0.6) is 0 Å². The number of benzene rings is 1. The number of hydrogen-bond acceptors (Lipinski definition) is 3. The van der Waals surface area contributed by atoms with Crippen LogP contribution < -0.4 is 5.32 Å². The maximum absolute atomic E-state index is 12.1. The van der Waals surface area contributed by atoms with Crippen LogP contribution >= 0.6 is 11.6 Å². The number of furan rings is 1. The van der Waals surface area contributed by atoms with Gasteiger partial charge in [-0.3, -0.25) is 4.90 Å². The maximum Gasteiger partial charge on any atom is 0.317 e. The minimum atomic E-state index is -0.0428. The highest BCUT2D eigenvalue weighted by atomic mass is 35.5. The molecule has 122 valence electrons. The molecule has 2 heterocycles. The van der Waals surface area contributed by atoms with Crippen LogP contribution in [-0.2, 0) is 13.1 Å². The lowest BCUT2D eigenvalue weighted by Crippen LogP contribution is -2.51. The Bertz CT molecular complexity index is 637. The van der Waals surface area contributed by atoms with Crippen molar-refractivity contribution in [3.8, 4) is 0 Å². The summed E-state index contributed by atoms with van der Waals surface area (Å²) in [5.41, 5.74) is 1.13. The molecule has 1 fully saturated rings. The third kappa shape index (κ3) is 4.27. The predicted molar refractivity (Wildman–Crippen MR) is 89.2 cm³/mol. The van der Waals surface area contributed by atoms with Gasteiger partial charge in [0.15, 0.2) is 0 Å². The fraction of sp³-hybridized carbons (Fsp3) is 0.353. The average molecular weight is 334 g/mol. The SMILES string of the molecule is O=C(NCc1ccco1)N1CCN(Cc2ccccc2Cl)CC1. The molecule has 0 unspecified atom stereocenters. The summed E-state index contributed by atoms with van der Waals surface area (Å²) in [4.78, 5) is 16.3. The molecule has 1 aliphatic heterocycles. The molecule has 1 aromatic carbocycles. The highest BCUT2D eigenvalue weighted by Gasteiger charge is 2.21. The van der Waals surface area contributed by atoms with E-state index in [4.69, 9.17) is 16.0 Å². The van der Waals surface area contributed by atoms with Gasteiger partial charge in [0.2, 0.25) is 0 Å². The standard InChI is InChI=1S/C17H20ClN3O2/c18-16-6-2-1-4-14(16)13-20-7-9-21(10-8-20)17(22)19-12-15-5-3-11-23-15/h1-6,11H,7-10,12-13H2,(H,19,22). The van der Waals surface area contributed by atoms with Crippen LogP contribution in [0.1, 0.15) is 11.3 Å². The Morgan fingerprint density at radius 2 is 1.91 bits per heavy atom. The van der Waals surface area contributed by atoms with Crippen LogP contribution in [0.2, 0.25) is 5.02 Å². The summed E-state index contributed by atoms with van der Waals surface area (Å²) in [6.45, 7) is 4.37. The number of carbonyl (C=O) groups excluding carboxylic acids is 1. The van der Waals surface area contributed by atoms with Gasteiger partial charge in [-0.05, 0) is 23.8 Å². The second kappa shape index (κ2) is 7.53. The smallest absolute Gasteiger partial charge is 0.317 e. The van der Waals surface area contributed by atoms with Crippen molar-refractivity contribution in [2.24, 2.45) is 0 Å². The number of halogens is 1. The lowest BCUT2D eigenvalue weighted by Gasteiger charge is -2.34. The quantitative estimate of drug-likeness (QED) is 0.935. The molecule has 0 aliphatic carbocycles. The zero-order valence-electron chi connectivity index (χ0n) is 12.9. The zero-order valence-corrected chi connectivity index (χ0v) is 13.6. The number of amides is 2. The topological polar surface area (TPSA) is 48.7 Å². The molecule has 23 heavy (non-hydrogen) atoms. The van der Waals surface area contributed by atoms with E-state index in [1.807, 2.05) is 41.3 Å². The van der Waals surface area contributed by atoms with E-state index in [9.17, 15) is 4.79 Å². The van der Waals surface area contributed by atoms with Crippen molar-refractivity contribution < 1.29 is 9.21 Å². The maximum atomic E-state index is 12.1. The van der Waals surface area contributed by atoms with Gasteiger partial charge in [0.25, 0.3) is 0 Å². The first-order valence-corrected chi connectivity index (χ1v) is 8.11. The number of urea groups is 1. The number of hydrogen-bond donors (Lipinski definition) is 1. The zero-order chi connectivity index (χ0) is 16.1. The molecule has 0 bridgehead atoms. The van der Waals surface area contributed by atoms with Gasteiger partial charge in [0.05, 0.1) is 12.8 Å². The number of carbonyl (C=O) groups is 1. The molecule has 6 heteroatoms. The fourth-order valence-corrected chi connectivity index (χ4v) is 2.86. The molecule has 1 N–H and O–H groups in total. The molecule has 2 aromatic rings. The molecule has 1 aliphatic rings. The van der Waals surface area contributed by atoms with Crippen molar-refractivity contribution in [2.75, 3.05) is 26.2 Å². The average Bonchev–Trinajstić information content (AvgIpc) is 3.09. The molecule has 1 aromatic heterocycles. The van der Waals surface area contributed by atoms with Crippen LogP contribution in [0.15, 0.2) is 47.1 Å². The monoisotopic (exact) mass is 333 g/mol. The van der Waals surface area contributed by atoms with Gasteiger partial charge >= 0.3 is 6.03 Å². The summed E-state index contributed by atoms with van der Waals surface area (Å²) in [7, 11) is 0. The van der Waals surface area contributed by atoms with Crippen molar-refractivity contribution in [1.82, 2.24) is 15.1 Å². The Morgan fingerprint density at radius 3 is 2.61 bits per heavy atom. The number of rotatable bonds is 4. The van der Waals surface area contributed by atoms with Crippen LogP contribution in [0.3, 0.4) is 0 Å². The van der Waals surface area contributed by atoms with Crippen LogP contribution in [0.4, 0.5) is 4.79 Å². The van der Waals surface area contributed by atoms with Crippen molar-refractivity contribution >= 4 is 17.6 Å². The molecule has 0 radical (unpaired) electrons. The number of nitrogens with one attached hydrogen (secondary N) is 1. The Balaban J connectivity index is 1.44. The Kier molecular flexibility index (Phi) is 5.20. The van der Waals surface area contributed by atoms with E-state index in [1.54, 1.807) is 6.26 Å². The van der Waals surface area contributed by atoms with Crippen molar-refractivity contribution in [2.45, 2.75) is 13.1 Å². The van der Waals surface area contributed by atoms with Crippen LogP contribution in [0, 0.1) is 0 Å². The van der Waals surface area contributed by atoms with Crippen molar-refractivity contribution in [3.05, 3.63) is 59.0 Å². The molecular formula is C17H20ClN3O2. The summed E-state index contributed by atoms with van der Waals surface area (Å²) >= 11 is 6.20. The third-order valence-corrected chi connectivity index (χ3v) is 4.37. The Labute approximate surface area is 140 Å². The van der Waals surface area contributed by atoms with Gasteiger partial charge < -0.3 is 14.6 Å². The molecule has 0 spiro atoms. The summed E-state index contributed by atoms with van der Waals surface area (Å²) in [6.07, 6.45) is 1.61. The Hall–Kier alpha value is -1.98. The summed E-state index contributed by atoms with van der Waals surface area (Å²) < 4.78 is 5.21. The highest BCUT2D eigenvalue weighted by molar-refractivity contribution is 6.31. The minimum absolute atomic E-state index is 0.0428. The van der Waals surface area contributed by atoms with Gasteiger partial charge in [-0.1, -0.05) is 29.8 Å². The molecule has 3 rings (SSSR count). The Morgan fingerprint density at radius 1 is 1.13 bits per heavy atom. The molecule has 0 atom stereocenters. The molecule has 2 amide bonds.